The van der Waals surface area contributed by atoms with E-state index in [4.69, 9.17) is 10.00 Å². The molecule has 0 aromatic heterocycles. The molecule has 2 aromatic carbocycles. The van der Waals surface area contributed by atoms with Gasteiger partial charge in [-0.1, -0.05) is 23.9 Å². The Kier molecular flexibility index (Phi) is 8.80. The summed E-state index contributed by atoms with van der Waals surface area (Å²) in [5.74, 6) is -0.0570. The molecule has 182 valence electrons. The first-order valence-corrected chi connectivity index (χ1v) is 11.4. The monoisotopic (exact) mass is 500 g/mol. The van der Waals surface area contributed by atoms with Gasteiger partial charge in [0.05, 0.1) is 31.0 Å². The standard InChI is InChI=1S/C24H22F2N4O4S/c1-29(13-3-12-27)21(31)15-35-24-28-20(14-16-4-8-18(33-2)9-5-16)22(32)30(24)17-6-10-19(11-7-17)34-23(25)26/h4-11,14,23H,3,13,15H2,1-2H3/b20-14+. The van der Waals surface area contributed by atoms with E-state index in [1.165, 1.54) is 34.1 Å². The summed E-state index contributed by atoms with van der Waals surface area (Å²) in [4.78, 5) is 32.9. The lowest BCUT2D eigenvalue weighted by Gasteiger charge is -2.19. The number of hydrogen-bond acceptors (Lipinski definition) is 7. The van der Waals surface area contributed by atoms with Gasteiger partial charge < -0.3 is 14.4 Å². The first kappa shape index (κ1) is 25.7. The van der Waals surface area contributed by atoms with Crippen LogP contribution in [0.1, 0.15) is 12.0 Å². The van der Waals surface area contributed by atoms with Gasteiger partial charge in [0.15, 0.2) is 5.17 Å². The lowest BCUT2D eigenvalue weighted by atomic mass is 10.2. The molecule has 2 amide bonds. The van der Waals surface area contributed by atoms with Gasteiger partial charge in [-0.15, -0.1) is 0 Å². The van der Waals surface area contributed by atoms with Crippen LogP contribution in [0.4, 0.5) is 14.5 Å². The second-order valence-electron chi connectivity index (χ2n) is 7.22. The molecule has 3 rings (SSSR count). The zero-order chi connectivity index (χ0) is 25.4. The Balaban J connectivity index is 1.86. The van der Waals surface area contributed by atoms with Crippen LogP contribution in [0.3, 0.4) is 0 Å². The summed E-state index contributed by atoms with van der Waals surface area (Å²) in [6, 6.07) is 14.6. The molecular formula is C24H22F2N4O4S. The maximum absolute atomic E-state index is 13.2. The summed E-state index contributed by atoms with van der Waals surface area (Å²) in [6.07, 6.45) is 1.82. The molecular weight excluding hydrogens is 478 g/mol. The van der Waals surface area contributed by atoms with Crippen LogP contribution in [0.25, 0.3) is 6.08 Å². The Morgan fingerprint density at radius 3 is 2.46 bits per heavy atom. The highest BCUT2D eigenvalue weighted by Gasteiger charge is 2.32. The Hall–Kier alpha value is -3.91. The third-order valence-corrected chi connectivity index (χ3v) is 5.80. The van der Waals surface area contributed by atoms with Crippen LogP contribution < -0.4 is 14.4 Å². The van der Waals surface area contributed by atoms with Crippen LogP contribution in [0, 0.1) is 11.3 Å². The number of alkyl halides is 2. The number of anilines is 1. The van der Waals surface area contributed by atoms with Crippen LogP contribution in [-0.4, -0.2) is 54.9 Å². The van der Waals surface area contributed by atoms with Crippen molar-refractivity contribution in [3.63, 3.8) is 0 Å². The van der Waals surface area contributed by atoms with Crippen molar-refractivity contribution in [2.75, 3.05) is 31.4 Å². The maximum Gasteiger partial charge on any atom is 0.387 e. The van der Waals surface area contributed by atoms with Crippen molar-refractivity contribution >= 4 is 40.5 Å². The van der Waals surface area contributed by atoms with E-state index < -0.39 is 12.5 Å². The molecule has 1 heterocycles. The molecule has 2 aromatic rings. The number of rotatable bonds is 9. The van der Waals surface area contributed by atoms with Crippen molar-refractivity contribution in [3.8, 4) is 17.6 Å². The number of nitrogens with zero attached hydrogens (tertiary/aromatic N) is 4. The summed E-state index contributed by atoms with van der Waals surface area (Å²) < 4.78 is 34.5. The molecule has 0 radical (unpaired) electrons. The molecule has 0 N–H and O–H groups in total. The van der Waals surface area contributed by atoms with Gasteiger partial charge in [-0.3, -0.25) is 14.5 Å². The molecule has 0 bridgehead atoms. The number of nitriles is 1. The highest BCUT2D eigenvalue weighted by Crippen LogP contribution is 2.31. The molecule has 0 atom stereocenters. The zero-order valence-corrected chi connectivity index (χ0v) is 19.8. The van der Waals surface area contributed by atoms with Gasteiger partial charge in [0.25, 0.3) is 5.91 Å². The van der Waals surface area contributed by atoms with Gasteiger partial charge in [-0.2, -0.15) is 14.0 Å². The number of hydrogen-bond donors (Lipinski definition) is 0. The summed E-state index contributed by atoms with van der Waals surface area (Å²) in [6.45, 7) is -2.68. The molecule has 1 aliphatic rings. The van der Waals surface area contributed by atoms with E-state index in [2.05, 4.69) is 9.73 Å². The minimum absolute atomic E-state index is 0.00701. The Labute approximate surface area is 205 Å². The number of halogens is 2. The number of aliphatic imine (C=N–C) groups is 1. The summed E-state index contributed by atoms with van der Waals surface area (Å²) in [7, 11) is 3.15. The normalized spacial score (nSPS) is 14.2. The second-order valence-corrected chi connectivity index (χ2v) is 8.16. The van der Waals surface area contributed by atoms with Crippen molar-refractivity contribution in [1.29, 1.82) is 5.26 Å². The molecule has 0 aliphatic carbocycles. The fraction of sp³-hybridized carbons (Fsp3) is 0.250. The summed E-state index contributed by atoms with van der Waals surface area (Å²) in [5.41, 5.74) is 1.25. The van der Waals surface area contributed by atoms with Gasteiger partial charge in [0.2, 0.25) is 5.91 Å². The average molecular weight is 501 g/mol. The van der Waals surface area contributed by atoms with Crippen molar-refractivity contribution in [2.24, 2.45) is 4.99 Å². The molecule has 11 heteroatoms. The minimum atomic E-state index is -2.97. The van der Waals surface area contributed by atoms with Crippen LogP contribution in [0.5, 0.6) is 11.5 Å². The zero-order valence-electron chi connectivity index (χ0n) is 19.0. The number of amidine groups is 1. The SMILES string of the molecule is COc1ccc(/C=C2/N=C(SCC(=O)N(C)CCC#N)N(c3ccc(OC(F)F)cc3)C2=O)cc1. The Morgan fingerprint density at radius 1 is 1.20 bits per heavy atom. The molecule has 0 unspecified atom stereocenters. The molecule has 1 aliphatic heterocycles. The average Bonchev–Trinajstić information content (AvgIpc) is 3.16. The van der Waals surface area contributed by atoms with Crippen molar-refractivity contribution in [2.45, 2.75) is 13.0 Å². The van der Waals surface area contributed by atoms with Crippen LogP contribution >= 0.6 is 11.8 Å². The number of thioether (sulfide) groups is 1. The van der Waals surface area contributed by atoms with E-state index in [0.717, 1.165) is 17.3 Å². The molecule has 0 saturated heterocycles. The summed E-state index contributed by atoms with van der Waals surface area (Å²) >= 11 is 1.06. The summed E-state index contributed by atoms with van der Waals surface area (Å²) in [5, 5.41) is 8.98. The number of amides is 2. The smallest absolute Gasteiger partial charge is 0.387 e. The molecule has 0 spiro atoms. The molecule has 0 fully saturated rings. The van der Waals surface area contributed by atoms with Crippen LogP contribution in [-0.2, 0) is 9.59 Å². The van der Waals surface area contributed by atoms with E-state index in [1.807, 2.05) is 6.07 Å². The van der Waals surface area contributed by atoms with Gasteiger partial charge in [-0.25, -0.2) is 4.99 Å². The highest BCUT2D eigenvalue weighted by molar-refractivity contribution is 8.14. The largest absolute Gasteiger partial charge is 0.497 e. The molecule has 8 nitrogen and oxygen atoms in total. The van der Waals surface area contributed by atoms with E-state index in [0.29, 0.717) is 18.0 Å². The predicted molar refractivity (Wildman–Crippen MR) is 129 cm³/mol. The van der Waals surface area contributed by atoms with Gasteiger partial charge in [-0.05, 0) is 48.0 Å². The van der Waals surface area contributed by atoms with Crippen LogP contribution in [0.15, 0.2) is 59.2 Å². The van der Waals surface area contributed by atoms with E-state index in [-0.39, 0.29) is 34.7 Å². The van der Waals surface area contributed by atoms with Gasteiger partial charge >= 0.3 is 6.61 Å². The fourth-order valence-corrected chi connectivity index (χ4v) is 3.99. The topological polar surface area (TPSA) is 95.2 Å². The first-order valence-electron chi connectivity index (χ1n) is 10.4. The van der Waals surface area contributed by atoms with Crippen molar-refractivity contribution in [1.82, 2.24) is 4.90 Å². The Morgan fingerprint density at radius 2 is 1.86 bits per heavy atom. The fourth-order valence-electron chi connectivity index (χ4n) is 3.03. The highest BCUT2D eigenvalue weighted by atomic mass is 32.2. The molecule has 0 saturated carbocycles. The second kappa shape index (κ2) is 12.0. The lowest BCUT2D eigenvalue weighted by molar-refractivity contribution is -0.127. The van der Waals surface area contributed by atoms with Gasteiger partial charge in [0.1, 0.15) is 17.2 Å². The van der Waals surface area contributed by atoms with E-state index in [9.17, 15) is 18.4 Å². The first-order chi connectivity index (χ1) is 16.8. The lowest BCUT2D eigenvalue weighted by Crippen LogP contribution is -2.33. The number of carbonyl (C=O) groups is 2. The van der Waals surface area contributed by atoms with E-state index >= 15 is 0 Å². The molecule has 35 heavy (non-hydrogen) atoms. The van der Waals surface area contributed by atoms with Crippen LogP contribution in [0.2, 0.25) is 0 Å². The third-order valence-electron chi connectivity index (χ3n) is 4.88. The van der Waals surface area contributed by atoms with Crippen molar-refractivity contribution in [3.05, 3.63) is 59.8 Å². The third kappa shape index (κ3) is 6.80. The Bertz CT molecular complexity index is 1160. The maximum atomic E-state index is 13.2. The quantitative estimate of drug-likeness (QED) is 0.480. The van der Waals surface area contributed by atoms with Crippen molar-refractivity contribution < 1.29 is 27.8 Å². The minimum Gasteiger partial charge on any atom is -0.497 e. The van der Waals surface area contributed by atoms with Gasteiger partial charge in [0, 0.05) is 13.6 Å². The number of benzene rings is 2. The predicted octanol–water partition coefficient (Wildman–Crippen LogP) is 4.15. The number of carbonyl (C=O) groups excluding carboxylic acids is 2. The number of methoxy groups -OCH3 is 1. The number of ether oxygens (including phenoxy) is 2. The van der Waals surface area contributed by atoms with E-state index in [1.54, 1.807) is 44.5 Å².